The van der Waals surface area contributed by atoms with Crippen LogP contribution in [0, 0.1) is 5.92 Å². The average molecular weight is 479 g/mol. The zero-order valence-corrected chi connectivity index (χ0v) is 19.5. The number of carboxylic acid groups (broad SMARTS) is 1. The van der Waals surface area contributed by atoms with E-state index in [-0.39, 0.29) is 56.8 Å². The number of alkyl carbamates (subject to hydrolysis) is 1. The van der Waals surface area contributed by atoms with Crippen molar-refractivity contribution in [3.8, 4) is 11.1 Å². The Bertz CT molecular complexity index is 1080. The van der Waals surface area contributed by atoms with Crippen molar-refractivity contribution in [2.24, 2.45) is 5.92 Å². The molecule has 8 heteroatoms. The number of hydrogen-bond acceptors (Lipinski definition) is 5. The number of carboxylic acids is 1. The summed E-state index contributed by atoms with van der Waals surface area (Å²) < 4.78 is 10.9. The summed E-state index contributed by atoms with van der Waals surface area (Å²) in [6, 6.07) is 15.9. The van der Waals surface area contributed by atoms with Crippen LogP contribution >= 0.6 is 0 Å². The van der Waals surface area contributed by atoms with Gasteiger partial charge in [0.15, 0.2) is 0 Å². The number of ether oxygens (including phenoxy) is 2. The molecular weight excluding hydrogens is 448 g/mol. The Hall–Kier alpha value is -3.39. The van der Waals surface area contributed by atoms with Crippen LogP contribution in [0.4, 0.5) is 4.79 Å². The number of hydrogen-bond donors (Lipinski definition) is 3. The lowest BCUT2D eigenvalue weighted by molar-refractivity contribution is -0.152. The van der Waals surface area contributed by atoms with Crippen molar-refractivity contribution in [2.75, 3.05) is 19.8 Å². The fourth-order valence-electron chi connectivity index (χ4n) is 5.26. The van der Waals surface area contributed by atoms with E-state index in [2.05, 4.69) is 34.9 Å². The highest BCUT2D eigenvalue weighted by molar-refractivity contribution is 5.87. The van der Waals surface area contributed by atoms with E-state index in [1.807, 2.05) is 24.3 Å². The zero-order valence-electron chi connectivity index (χ0n) is 19.5. The number of carbonyl (C=O) groups excluding carboxylic acids is 2. The van der Waals surface area contributed by atoms with Crippen LogP contribution in [-0.4, -0.2) is 54.5 Å². The molecule has 0 radical (unpaired) electrons. The minimum Gasteiger partial charge on any atom is -0.480 e. The van der Waals surface area contributed by atoms with E-state index in [0.717, 1.165) is 35.1 Å². The second-order valence-corrected chi connectivity index (χ2v) is 9.67. The Labute approximate surface area is 204 Å². The van der Waals surface area contributed by atoms with Crippen LogP contribution in [0.5, 0.6) is 0 Å². The molecule has 0 aromatic heterocycles. The summed E-state index contributed by atoms with van der Waals surface area (Å²) in [7, 11) is 0. The van der Waals surface area contributed by atoms with Gasteiger partial charge in [-0.3, -0.25) is 4.79 Å². The van der Waals surface area contributed by atoms with Gasteiger partial charge in [0, 0.05) is 44.4 Å². The van der Waals surface area contributed by atoms with Gasteiger partial charge in [0.2, 0.25) is 5.91 Å². The number of amides is 2. The Morgan fingerprint density at radius 2 is 1.60 bits per heavy atom. The van der Waals surface area contributed by atoms with E-state index >= 15 is 0 Å². The van der Waals surface area contributed by atoms with Gasteiger partial charge in [-0.25, -0.2) is 9.59 Å². The molecule has 3 N–H and O–H groups in total. The Balaban J connectivity index is 1.20. The van der Waals surface area contributed by atoms with Crippen LogP contribution in [0.15, 0.2) is 48.5 Å². The fourth-order valence-corrected chi connectivity index (χ4v) is 5.26. The van der Waals surface area contributed by atoms with Gasteiger partial charge in [-0.15, -0.1) is 0 Å². The van der Waals surface area contributed by atoms with Crippen molar-refractivity contribution in [3.05, 3.63) is 59.7 Å². The van der Waals surface area contributed by atoms with Gasteiger partial charge in [0.05, 0.1) is 0 Å². The van der Waals surface area contributed by atoms with Crippen LogP contribution in [0.1, 0.15) is 49.1 Å². The number of fused-ring (bicyclic) bond motifs is 3. The Kier molecular flexibility index (Phi) is 6.47. The highest BCUT2D eigenvalue weighted by Gasteiger charge is 2.43. The van der Waals surface area contributed by atoms with E-state index in [4.69, 9.17) is 9.47 Å². The molecule has 1 heterocycles. The van der Waals surface area contributed by atoms with Gasteiger partial charge in [0.25, 0.3) is 0 Å². The summed E-state index contributed by atoms with van der Waals surface area (Å²) in [5.41, 5.74) is 3.27. The first kappa shape index (κ1) is 23.4. The van der Waals surface area contributed by atoms with Gasteiger partial charge in [-0.2, -0.15) is 0 Å². The molecule has 8 nitrogen and oxygen atoms in total. The molecule has 1 saturated carbocycles. The van der Waals surface area contributed by atoms with Gasteiger partial charge < -0.3 is 25.2 Å². The Morgan fingerprint density at radius 3 is 2.17 bits per heavy atom. The summed E-state index contributed by atoms with van der Waals surface area (Å²) in [4.78, 5) is 37.4. The summed E-state index contributed by atoms with van der Waals surface area (Å²) >= 11 is 0. The largest absolute Gasteiger partial charge is 0.480 e. The van der Waals surface area contributed by atoms with Crippen LogP contribution in [-0.2, 0) is 19.1 Å². The summed E-state index contributed by atoms with van der Waals surface area (Å²) in [5.74, 6) is -1.29. The van der Waals surface area contributed by atoms with Crippen LogP contribution < -0.4 is 10.6 Å². The highest BCUT2D eigenvalue weighted by Crippen LogP contribution is 2.44. The monoisotopic (exact) mass is 478 g/mol. The van der Waals surface area contributed by atoms with E-state index in [9.17, 15) is 19.5 Å². The van der Waals surface area contributed by atoms with Gasteiger partial charge in [-0.05, 0) is 41.0 Å². The standard InChI is InChI=1S/C27H30N2O6/c30-24(29-27(25(31)32)11-13-34-14-12-27)15-23(17-9-10-17)28-26(33)35-16-22-20-7-3-1-5-18(20)19-6-2-4-8-21(19)22/h1-8,17,22-23H,9-16H2,(H,28,33)(H,29,30)(H,31,32). The third kappa shape index (κ3) is 4.89. The molecule has 0 spiro atoms. The van der Waals surface area contributed by atoms with Gasteiger partial charge in [-0.1, -0.05) is 48.5 Å². The number of carbonyl (C=O) groups is 3. The number of benzene rings is 2. The van der Waals surface area contributed by atoms with Crippen molar-refractivity contribution in [1.29, 1.82) is 0 Å². The molecule has 2 amide bonds. The van der Waals surface area contributed by atoms with E-state index in [1.165, 1.54) is 0 Å². The molecule has 2 aliphatic carbocycles. The van der Waals surface area contributed by atoms with Crippen molar-refractivity contribution in [2.45, 2.75) is 49.6 Å². The molecule has 184 valence electrons. The van der Waals surface area contributed by atoms with E-state index in [1.54, 1.807) is 0 Å². The van der Waals surface area contributed by atoms with E-state index in [0.29, 0.717) is 0 Å². The van der Waals surface area contributed by atoms with Crippen molar-refractivity contribution >= 4 is 18.0 Å². The zero-order chi connectivity index (χ0) is 24.4. The molecule has 1 saturated heterocycles. The second kappa shape index (κ2) is 9.70. The minimum atomic E-state index is -1.31. The first-order valence-corrected chi connectivity index (χ1v) is 12.2. The quantitative estimate of drug-likeness (QED) is 0.536. The minimum absolute atomic E-state index is 0.0186. The molecule has 2 fully saturated rings. The molecule has 35 heavy (non-hydrogen) atoms. The smallest absolute Gasteiger partial charge is 0.407 e. The molecule has 5 rings (SSSR count). The van der Waals surface area contributed by atoms with Crippen molar-refractivity contribution in [3.63, 3.8) is 0 Å². The molecule has 2 aromatic rings. The second-order valence-electron chi connectivity index (χ2n) is 9.67. The maximum Gasteiger partial charge on any atom is 0.407 e. The van der Waals surface area contributed by atoms with Crippen molar-refractivity contribution in [1.82, 2.24) is 10.6 Å². The third-order valence-electron chi connectivity index (χ3n) is 7.38. The number of nitrogens with one attached hydrogen (secondary N) is 2. The van der Waals surface area contributed by atoms with Gasteiger partial charge >= 0.3 is 12.1 Å². The molecule has 1 atom stereocenters. The maximum atomic E-state index is 12.8. The van der Waals surface area contributed by atoms with Crippen molar-refractivity contribution < 1.29 is 29.0 Å². The number of rotatable bonds is 8. The first-order valence-electron chi connectivity index (χ1n) is 12.2. The highest BCUT2D eigenvalue weighted by atomic mass is 16.5. The maximum absolute atomic E-state index is 12.8. The summed E-state index contributed by atoms with van der Waals surface area (Å²) in [6.45, 7) is 0.777. The molecule has 0 bridgehead atoms. The molecule has 3 aliphatic rings. The lowest BCUT2D eigenvalue weighted by Crippen LogP contribution is -2.58. The molecule has 2 aromatic carbocycles. The fraction of sp³-hybridized carbons (Fsp3) is 0.444. The topological polar surface area (TPSA) is 114 Å². The third-order valence-corrected chi connectivity index (χ3v) is 7.38. The van der Waals surface area contributed by atoms with Gasteiger partial charge in [0.1, 0.15) is 12.1 Å². The summed E-state index contributed by atoms with van der Waals surface area (Å²) in [5, 5.41) is 15.3. The SMILES string of the molecule is O=C(CC(NC(=O)OCC1c2ccccc2-c2ccccc21)C1CC1)NC1(C(=O)O)CCOCC1. The molecular formula is C27H30N2O6. The summed E-state index contributed by atoms with van der Waals surface area (Å²) in [6.07, 6.45) is 1.74. The lowest BCUT2D eigenvalue weighted by atomic mass is 9.89. The average Bonchev–Trinajstić information content (AvgIpc) is 3.66. The van der Waals surface area contributed by atoms with Crippen LogP contribution in [0.25, 0.3) is 11.1 Å². The molecule has 1 aliphatic heterocycles. The molecule has 1 unspecified atom stereocenters. The van der Waals surface area contributed by atoms with Crippen LogP contribution in [0.2, 0.25) is 0 Å². The lowest BCUT2D eigenvalue weighted by Gasteiger charge is -2.34. The Morgan fingerprint density at radius 1 is 1.00 bits per heavy atom. The predicted octanol–water partition coefficient (Wildman–Crippen LogP) is 3.44. The normalized spacial score (nSPS) is 19.2. The van der Waals surface area contributed by atoms with Crippen LogP contribution in [0.3, 0.4) is 0 Å². The number of aliphatic carboxylic acids is 1. The first-order chi connectivity index (χ1) is 17.0. The predicted molar refractivity (Wildman–Crippen MR) is 128 cm³/mol. The van der Waals surface area contributed by atoms with E-state index < -0.39 is 23.6 Å².